The van der Waals surface area contributed by atoms with Gasteiger partial charge in [-0.25, -0.2) is 4.39 Å². The Hall–Kier alpha value is -3.61. The highest BCUT2D eigenvalue weighted by molar-refractivity contribution is 6.10. The maximum atomic E-state index is 13.7. The highest BCUT2D eigenvalue weighted by atomic mass is 19.1. The second-order valence-electron chi connectivity index (χ2n) is 9.50. The SMILES string of the molecule is COc1ccc(OC)c(C2C(C(=O)Nc3cccc(F)c3)=C(C)NC3=C2C(=O)CC(C)(C)C3)c1. The van der Waals surface area contributed by atoms with Crippen LogP contribution in [0.4, 0.5) is 10.1 Å². The quantitative estimate of drug-likeness (QED) is 0.645. The number of methoxy groups -OCH3 is 2. The van der Waals surface area contributed by atoms with Crippen molar-refractivity contribution in [1.82, 2.24) is 5.32 Å². The third-order valence-corrected chi connectivity index (χ3v) is 6.31. The Morgan fingerprint density at radius 3 is 2.56 bits per heavy atom. The molecule has 0 spiro atoms. The van der Waals surface area contributed by atoms with Gasteiger partial charge < -0.3 is 20.1 Å². The van der Waals surface area contributed by atoms with Crippen LogP contribution in [0.25, 0.3) is 0 Å². The van der Waals surface area contributed by atoms with Gasteiger partial charge in [-0.05, 0) is 55.2 Å². The fraction of sp³-hybridized carbons (Fsp3) is 0.333. The summed E-state index contributed by atoms with van der Waals surface area (Å²) in [5.41, 5.74) is 3.17. The maximum absolute atomic E-state index is 13.7. The highest BCUT2D eigenvalue weighted by Gasteiger charge is 2.43. The average Bonchev–Trinajstić information content (AvgIpc) is 2.76. The average molecular weight is 465 g/mol. The Morgan fingerprint density at radius 2 is 1.88 bits per heavy atom. The van der Waals surface area contributed by atoms with Crippen LogP contribution in [0.15, 0.2) is 65.0 Å². The molecule has 1 atom stereocenters. The van der Waals surface area contributed by atoms with E-state index in [1.807, 2.05) is 6.92 Å². The van der Waals surface area contributed by atoms with E-state index in [4.69, 9.17) is 9.47 Å². The van der Waals surface area contributed by atoms with E-state index < -0.39 is 17.6 Å². The fourth-order valence-corrected chi connectivity index (χ4v) is 4.88. The molecule has 0 radical (unpaired) electrons. The van der Waals surface area contributed by atoms with E-state index in [1.165, 1.54) is 18.2 Å². The number of halogens is 1. The lowest BCUT2D eigenvalue weighted by Crippen LogP contribution is -2.39. The van der Waals surface area contributed by atoms with Crippen LogP contribution < -0.4 is 20.1 Å². The molecule has 0 bridgehead atoms. The lowest BCUT2D eigenvalue weighted by atomic mass is 9.68. The molecule has 178 valence electrons. The molecular formula is C27H29FN2O4. The van der Waals surface area contributed by atoms with Crippen LogP contribution >= 0.6 is 0 Å². The first kappa shape index (κ1) is 23.5. The van der Waals surface area contributed by atoms with Gasteiger partial charge in [-0.1, -0.05) is 19.9 Å². The summed E-state index contributed by atoms with van der Waals surface area (Å²) in [6, 6.07) is 11.1. The van der Waals surface area contributed by atoms with Crippen LogP contribution in [0, 0.1) is 11.2 Å². The molecular weight excluding hydrogens is 435 g/mol. The van der Waals surface area contributed by atoms with Crippen LogP contribution in [0.1, 0.15) is 45.1 Å². The second kappa shape index (κ2) is 8.97. The third kappa shape index (κ3) is 4.42. The zero-order valence-electron chi connectivity index (χ0n) is 20.0. The number of ether oxygens (including phenoxy) is 2. The summed E-state index contributed by atoms with van der Waals surface area (Å²) in [5.74, 6) is -0.431. The monoisotopic (exact) mass is 464 g/mol. The topological polar surface area (TPSA) is 76.7 Å². The number of hydrogen-bond acceptors (Lipinski definition) is 5. The van der Waals surface area contributed by atoms with E-state index in [9.17, 15) is 14.0 Å². The lowest BCUT2D eigenvalue weighted by molar-refractivity contribution is -0.118. The minimum Gasteiger partial charge on any atom is -0.497 e. The van der Waals surface area contributed by atoms with Crippen LogP contribution in [-0.4, -0.2) is 25.9 Å². The first-order chi connectivity index (χ1) is 16.1. The molecule has 0 aromatic heterocycles. The zero-order valence-corrected chi connectivity index (χ0v) is 20.0. The first-order valence-corrected chi connectivity index (χ1v) is 11.2. The molecule has 34 heavy (non-hydrogen) atoms. The molecule has 0 saturated carbocycles. The summed E-state index contributed by atoms with van der Waals surface area (Å²) in [7, 11) is 3.11. The van der Waals surface area contributed by atoms with E-state index in [0.29, 0.717) is 52.4 Å². The van der Waals surface area contributed by atoms with Gasteiger partial charge in [0.1, 0.15) is 17.3 Å². The molecule has 0 fully saturated rings. The minimum absolute atomic E-state index is 0.0165. The van der Waals surface area contributed by atoms with Crippen molar-refractivity contribution in [1.29, 1.82) is 0 Å². The molecule has 1 unspecified atom stereocenters. The van der Waals surface area contributed by atoms with Crippen LogP contribution in [0.3, 0.4) is 0 Å². The molecule has 2 aromatic rings. The van der Waals surface area contributed by atoms with Gasteiger partial charge in [0.15, 0.2) is 5.78 Å². The van der Waals surface area contributed by atoms with E-state index in [1.54, 1.807) is 38.5 Å². The molecule has 6 nitrogen and oxygen atoms in total. The van der Waals surface area contributed by atoms with E-state index in [-0.39, 0.29) is 11.2 Å². The molecule has 2 aromatic carbocycles. The van der Waals surface area contributed by atoms with Crippen molar-refractivity contribution in [3.8, 4) is 11.5 Å². The number of nitrogens with one attached hydrogen (secondary N) is 2. The van der Waals surface area contributed by atoms with Gasteiger partial charge in [0.25, 0.3) is 5.91 Å². The second-order valence-corrected chi connectivity index (χ2v) is 9.50. The number of dihydropyridines is 1. The van der Waals surface area contributed by atoms with Crippen molar-refractivity contribution in [2.24, 2.45) is 5.41 Å². The largest absolute Gasteiger partial charge is 0.497 e. The van der Waals surface area contributed by atoms with E-state index in [0.717, 1.165) is 5.70 Å². The third-order valence-electron chi connectivity index (χ3n) is 6.31. The van der Waals surface area contributed by atoms with Gasteiger partial charge in [-0.2, -0.15) is 0 Å². The number of hydrogen-bond donors (Lipinski definition) is 2. The van der Waals surface area contributed by atoms with Crippen molar-refractivity contribution in [2.45, 2.75) is 39.5 Å². The van der Waals surface area contributed by atoms with Crippen molar-refractivity contribution >= 4 is 17.4 Å². The van der Waals surface area contributed by atoms with Crippen LogP contribution in [-0.2, 0) is 9.59 Å². The van der Waals surface area contributed by atoms with Crippen molar-refractivity contribution in [3.63, 3.8) is 0 Å². The first-order valence-electron chi connectivity index (χ1n) is 11.2. The van der Waals surface area contributed by atoms with Crippen LogP contribution in [0.5, 0.6) is 11.5 Å². The van der Waals surface area contributed by atoms with Gasteiger partial charge in [0.05, 0.1) is 20.1 Å². The number of ketones is 1. The highest BCUT2D eigenvalue weighted by Crippen LogP contribution is 2.49. The van der Waals surface area contributed by atoms with E-state index in [2.05, 4.69) is 24.5 Å². The summed E-state index contributed by atoms with van der Waals surface area (Å²) in [4.78, 5) is 27.1. The Morgan fingerprint density at radius 1 is 1.12 bits per heavy atom. The van der Waals surface area contributed by atoms with Crippen molar-refractivity contribution < 1.29 is 23.5 Å². The van der Waals surface area contributed by atoms with Crippen molar-refractivity contribution in [2.75, 3.05) is 19.5 Å². The summed E-state index contributed by atoms with van der Waals surface area (Å²) in [5, 5.41) is 6.12. The molecule has 0 saturated heterocycles. The number of anilines is 1. The predicted octanol–water partition coefficient (Wildman–Crippen LogP) is 5.09. The number of carbonyl (C=O) groups excluding carboxylic acids is 2. The molecule has 1 aliphatic carbocycles. The molecule has 4 rings (SSSR count). The van der Waals surface area contributed by atoms with Gasteiger partial charge >= 0.3 is 0 Å². The number of benzene rings is 2. The molecule has 1 aliphatic heterocycles. The molecule has 2 N–H and O–H groups in total. The normalized spacial score (nSPS) is 19.4. The van der Waals surface area contributed by atoms with Crippen LogP contribution in [0.2, 0.25) is 0 Å². The Balaban J connectivity index is 1.88. The molecule has 7 heteroatoms. The Kier molecular flexibility index (Phi) is 6.21. The summed E-state index contributed by atoms with van der Waals surface area (Å²) < 4.78 is 24.8. The Labute approximate surface area is 198 Å². The molecule has 1 amide bonds. The number of allylic oxidation sites excluding steroid dienone is 3. The Bertz CT molecular complexity index is 1230. The van der Waals surface area contributed by atoms with Gasteiger partial charge in [0.2, 0.25) is 0 Å². The summed E-state index contributed by atoms with van der Waals surface area (Å²) >= 11 is 0. The number of carbonyl (C=O) groups is 2. The number of rotatable bonds is 5. The standard InChI is InChI=1S/C27H29FN2O4/c1-15-23(26(32)30-17-8-6-7-16(28)11-17)24(19-12-18(33-4)9-10-22(19)34-5)25-20(29-15)13-27(2,3)14-21(25)31/h6-12,24,29H,13-14H2,1-5H3,(H,30,32). The smallest absolute Gasteiger partial charge is 0.254 e. The number of Topliss-reactive ketones (excluding diaryl/α,β-unsaturated/α-hetero) is 1. The maximum Gasteiger partial charge on any atom is 0.254 e. The predicted molar refractivity (Wildman–Crippen MR) is 128 cm³/mol. The summed E-state index contributed by atoms with van der Waals surface area (Å²) in [6.07, 6.45) is 1.04. The molecule has 1 heterocycles. The minimum atomic E-state index is -0.668. The van der Waals surface area contributed by atoms with Crippen molar-refractivity contribution in [3.05, 3.63) is 76.4 Å². The van der Waals surface area contributed by atoms with Gasteiger partial charge in [0, 0.05) is 40.2 Å². The lowest BCUT2D eigenvalue weighted by Gasteiger charge is -2.40. The fourth-order valence-electron chi connectivity index (χ4n) is 4.88. The van der Waals surface area contributed by atoms with Gasteiger partial charge in [-0.15, -0.1) is 0 Å². The van der Waals surface area contributed by atoms with E-state index >= 15 is 0 Å². The van der Waals surface area contributed by atoms with Gasteiger partial charge in [-0.3, -0.25) is 9.59 Å². The zero-order chi connectivity index (χ0) is 24.6. The number of amides is 1. The molecule has 2 aliphatic rings. The summed E-state index contributed by atoms with van der Waals surface area (Å²) in [6.45, 7) is 5.93.